The normalized spacial score (nSPS) is 28.0. The second-order valence-corrected chi connectivity index (χ2v) is 7.70. The standard InChI is InChI=1S/C20H27N3O2/c24-19(22-14-8-2-1-3-9-14)18(16-11-6-7-13-21-16)23-17-12-5-4-10-15(17)20(23)25/h6-7,11,13-15,17-18H,1-5,8-10,12H2,(H,22,24)/t15-,17+,18?/m1/s1. The summed E-state index contributed by atoms with van der Waals surface area (Å²) < 4.78 is 0. The fourth-order valence-electron chi connectivity index (χ4n) is 4.79. The van der Waals surface area contributed by atoms with E-state index in [9.17, 15) is 9.59 Å². The van der Waals surface area contributed by atoms with Crippen molar-refractivity contribution in [3.05, 3.63) is 30.1 Å². The summed E-state index contributed by atoms with van der Waals surface area (Å²) in [6.07, 6.45) is 11.6. The second kappa shape index (κ2) is 7.14. The van der Waals surface area contributed by atoms with Gasteiger partial charge in [-0.05, 0) is 37.8 Å². The lowest BCUT2D eigenvalue weighted by Crippen LogP contribution is -2.65. The molecule has 4 rings (SSSR count). The van der Waals surface area contributed by atoms with Gasteiger partial charge in [-0.1, -0.05) is 38.2 Å². The number of pyridine rings is 1. The molecule has 1 unspecified atom stereocenters. The van der Waals surface area contributed by atoms with Crippen molar-refractivity contribution in [1.29, 1.82) is 0 Å². The van der Waals surface area contributed by atoms with Gasteiger partial charge in [0.15, 0.2) is 6.04 Å². The van der Waals surface area contributed by atoms with Gasteiger partial charge in [-0.25, -0.2) is 0 Å². The number of amides is 2. The summed E-state index contributed by atoms with van der Waals surface area (Å²) in [6, 6.07) is 5.49. The Morgan fingerprint density at radius 2 is 1.84 bits per heavy atom. The van der Waals surface area contributed by atoms with E-state index in [0.717, 1.165) is 38.5 Å². The van der Waals surface area contributed by atoms with Crippen LogP contribution in [0.3, 0.4) is 0 Å². The fraction of sp³-hybridized carbons (Fsp3) is 0.650. The number of hydrogen-bond donors (Lipinski definition) is 1. The molecule has 0 aromatic carbocycles. The molecule has 1 saturated heterocycles. The third-order valence-corrected chi connectivity index (χ3v) is 6.10. The number of hydrogen-bond acceptors (Lipinski definition) is 3. The number of carbonyl (C=O) groups excluding carboxylic acids is 2. The molecule has 2 aliphatic carbocycles. The van der Waals surface area contributed by atoms with Crippen molar-refractivity contribution in [2.24, 2.45) is 5.92 Å². The number of rotatable bonds is 4. The van der Waals surface area contributed by atoms with Gasteiger partial charge in [0, 0.05) is 18.3 Å². The van der Waals surface area contributed by atoms with Crippen LogP contribution in [0.4, 0.5) is 0 Å². The number of nitrogens with one attached hydrogen (secondary N) is 1. The summed E-state index contributed by atoms with van der Waals surface area (Å²) in [4.78, 5) is 32.1. The average molecular weight is 341 g/mol. The number of likely N-dealkylation sites (tertiary alicyclic amines) is 1. The molecule has 5 heteroatoms. The number of nitrogens with zero attached hydrogens (tertiary/aromatic N) is 2. The first-order chi connectivity index (χ1) is 12.3. The highest BCUT2D eigenvalue weighted by Crippen LogP contribution is 2.43. The lowest BCUT2D eigenvalue weighted by Gasteiger charge is -2.52. The van der Waals surface area contributed by atoms with Gasteiger partial charge >= 0.3 is 0 Å². The Morgan fingerprint density at radius 1 is 1.08 bits per heavy atom. The van der Waals surface area contributed by atoms with Crippen molar-refractivity contribution in [3.63, 3.8) is 0 Å². The fourth-order valence-corrected chi connectivity index (χ4v) is 4.79. The summed E-state index contributed by atoms with van der Waals surface area (Å²) in [6.45, 7) is 0. The van der Waals surface area contributed by atoms with Gasteiger partial charge in [0.2, 0.25) is 11.8 Å². The molecule has 2 heterocycles. The maximum absolute atomic E-state index is 13.1. The van der Waals surface area contributed by atoms with E-state index < -0.39 is 6.04 Å². The van der Waals surface area contributed by atoms with Crippen molar-refractivity contribution < 1.29 is 9.59 Å². The van der Waals surface area contributed by atoms with E-state index in [2.05, 4.69) is 10.3 Å². The van der Waals surface area contributed by atoms with Crippen molar-refractivity contribution in [2.45, 2.75) is 75.9 Å². The van der Waals surface area contributed by atoms with Crippen molar-refractivity contribution >= 4 is 11.8 Å². The van der Waals surface area contributed by atoms with Crippen LogP contribution in [0.2, 0.25) is 0 Å². The smallest absolute Gasteiger partial charge is 0.249 e. The van der Waals surface area contributed by atoms with Crippen LogP contribution in [0, 0.1) is 5.92 Å². The number of fused-ring (bicyclic) bond motifs is 1. The molecule has 0 spiro atoms. The lowest BCUT2D eigenvalue weighted by molar-refractivity contribution is -0.169. The number of β-lactam (4-membered cyclic amide) rings is 1. The van der Waals surface area contributed by atoms with Gasteiger partial charge in [0.25, 0.3) is 0 Å². The minimum Gasteiger partial charge on any atom is -0.351 e. The van der Waals surface area contributed by atoms with E-state index in [4.69, 9.17) is 0 Å². The van der Waals surface area contributed by atoms with Gasteiger partial charge in [-0.2, -0.15) is 0 Å². The molecule has 2 saturated carbocycles. The minimum absolute atomic E-state index is 0.0528. The van der Waals surface area contributed by atoms with Crippen LogP contribution in [-0.2, 0) is 9.59 Å². The highest BCUT2D eigenvalue weighted by molar-refractivity contribution is 5.93. The van der Waals surface area contributed by atoms with E-state index in [1.165, 1.54) is 19.3 Å². The predicted molar refractivity (Wildman–Crippen MR) is 94.6 cm³/mol. The molecular weight excluding hydrogens is 314 g/mol. The molecule has 3 aliphatic rings. The SMILES string of the molecule is O=C(NC1CCCCC1)C(c1ccccn1)N1C(=O)[C@@H]2CCCC[C@@H]21. The van der Waals surface area contributed by atoms with Gasteiger partial charge < -0.3 is 10.2 Å². The molecule has 1 aromatic rings. The Bertz CT molecular complexity index is 627. The highest BCUT2D eigenvalue weighted by atomic mass is 16.2. The molecule has 0 radical (unpaired) electrons. The highest BCUT2D eigenvalue weighted by Gasteiger charge is 2.53. The molecule has 3 atom stereocenters. The van der Waals surface area contributed by atoms with Crippen LogP contribution in [0.25, 0.3) is 0 Å². The molecule has 2 amide bonds. The van der Waals surface area contributed by atoms with Crippen LogP contribution >= 0.6 is 0 Å². The Labute approximate surface area is 149 Å². The van der Waals surface area contributed by atoms with Crippen LogP contribution in [0.1, 0.15) is 69.5 Å². The van der Waals surface area contributed by atoms with Crippen molar-refractivity contribution in [1.82, 2.24) is 15.2 Å². The van der Waals surface area contributed by atoms with Gasteiger partial charge in [0.05, 0.1) is 11.6 Å². The summed E-state index contributed by atoms with van der Waals surface area (Å²) in [7, 11) is 0. The Hall–Kier alpha value is -1.91. The summed E-state index contributed by atoms with van der Waals surface area (Å²) in [5.41, 5.74) is 0.688. The Morgan fingerprint density at radius 3 is 2.60 bits per heavy atom. The molecule has 5 nitrogen and oxygen atoms in total. The molecule has 1 aliphatic heterocycles. The van der Waals surface area contributed by atoms with E-state index in [1.54, 1.807) is 6.20 Å². The third-order valence-electron chi connectivity index (χ3n) is 6.10. The quantitative estimate of drug-likeness (QED) is 0.857. The maximum Gasteiger partial charge on any atom is 0.249 e. The summed E-state index contributed by atoms with van der Waals surface area (Å²) >= 11 is 0. The molecule has 1 N–H and O–H groups in total. The molecule has 1 aromatic heterocycles. The zero-order valence-electron chi connectivity index (χ0n) is 14.7. The Kier molecular flexibility index (Phi) is 4.73. The topological polar surface area (TPSA) is 62.3 Å². The first-order valence-corrected chi connectivity index (χ1v) is 9.79. The number of carbonyl (C=O) groups is 2. The molecule has 134 valence electrons. The molecule has 0 bridgehead atoms. The minimum atomic E-state index is -0.574. The van der Waals surface area contributed by atoms with Crippen molar-refractivity contribution in [3.8, 4) is 0 Å². The first-order valence-electron chi connectivity index (χ1n) is 9.79. The monoisotopic (exact) mass is 341 g/mol. The summed E-state index contributed by atoms with van der Waals surface area (Å²) in [5.74, 6) is 0.213. The first kappa shape index (κ1) is 16.6. The van der Waals surface area contributed by atoms with Crippen molar-refractivity contribution in [2.75, 3.05) is 0 Å². The van der Waals surface area contributed by atoms with E-state index >= 15 is 0 Å². The maximum atomic E-state index is 13.1. The van der Waals surface area contributed by atoms with E-state index in [1.807, 2.05) is 23.1 Å². The predicted octanol–water partition coefficient (Wildman–Crippen LogP) is 2.97. The lowest BCUT2D eigenvalue weighted by atomic mass is 9.74. The van der Waals surface area contributed by atoms with E-state index in [-0.39, 0.29) is 29.8 Å². The Balaban J connectivity index is 1.56. The van der Waals surface area contributed by atoms with Crippen LogP contribution in [0.5, 0.6) is 0 Å². The van der Waals surface area contributed by atoms with E-state index in [0.29, 0.717) is 5.69 Å². The summed E-state index contributed by atoms with van der Waals surface area (Å²) in [5, 5.41) is 3.21. The van der Waals surface area contributed by atoms with Gasteiger partial charge in [0.1, 0.15) is 0 Å². The molecule has 25 heavy (non-hydrogen) atoms. The largest absolute Gasteiger partial charge is 0.351 e. The molecular formula is C20H27N3O2. The molecule has 3 fully saturated rings. The van der Waals surface area contributed by atoms with Gasteiger partial charge in [-0.15, -0.1) is 0 Å². The third kappa shape index (κ3) is 3.16. The zero-order valence-corrected chi connectivity index (χ0v) is 14.7. The van der Waals surface area contributed by atoms with Gasteiger partial charge in [-0.3, -0.25) is 14.6 Å². The number of aromatic nitrogens is 1. The average Bonchev–Trinajstić information content (AvgIpc) is 2.67. The van der Waals surface area contributed by atoms with Crippen LogP contribution in [0.15, 0.2) is 24.4 Å². The second-order valence-electron chi connectivity index (χ2n) is 7.70. The zero-order chi connectivity index (χ0) is 17.2. The van der Waals surface area contributed by atoms with Crippen LogP contribution < -0.4 is 5.32 Å². The van der Waals surface area contributed by atoms with Crippen LogP contribution in [-0.4, -0.2) is 33.8 Å².